The topological polar surface area (TPSA) is 38.0 Å². The highest BCUT2D eigenvalue weighted by atomic mass is 19.1. The molecule has 2 rings (SSSR count). The summed E-state index contributed by atoms with van der Waals surface area (Å²) >= 11 is 0. The molecule has 1 aliphatic rings. The van der Waals surface area contributed by atoms with Crippen LogP contribution in [-0.2, 0) is 5.54 Å². The summed E-state index contributed by atoms with van der Waals surface area (Å²) in [6, 6.07) is 3.50. The van der Waals surface area contributed by atoms with E-state index in [1.165, 1.54) is 12.1 Å². The molecule has 1 fully saturated rings. The van der Waals surface area contributed by atoms with Gasteiger partial charge in [-0.3, -0.25) is 0 Å². The molecule has 1 aromatic carbocycles. The van der Waals surface area contributed by atoms with Gasteiger partial charge in [-0.05, 0) is 6.07 Å². The normalized spacial score (nSPS) is 19.6. The van der Waals surface area contributed by atoms with E-state index >= 15 is 0 Å². The summed E-state index contributed by atoms with van der Waals surface area (Å²) in [6.07, 6.45) is 0. The molecule has 0 saturated carbocycles. The second-order valence-electron chi connectivity index (χ2n) is 3.38. The Morgan fingerprint density at radius 3 is 2.46 bits per heavy atom. The van der Waals surface area contributed by atoms with Crippen LogP contribution in [-0.4, -0.2) is 13.1 Å². The minimum absolute atomic E-state index is 0.382. The quantitative estimate of drug-likeness (QED) is 0.675. The van der Waals surface area contributed by atoms with Crippen LogP contribution >= 0.6 is 0 Å². The third-order valence-corrected chi connectivity index (χ3v) is 2.35. The van der Waals surface area contributed by atoms with Gasteiger partial charge in [0.1, 0.15) is 11.6 Å². The third kappa shape index (κ3) is 1.32. The molecule has 1 aromatic rings. The van der Waals surface area contributed by atoms with Gasteiger partial charge in [-0.15, -0.1) is 0 Å². The van der Waals surface area contributed by atoms with Crippen LogP contribution in [0.2, 0.25) is 0 Å². The Hall–Kier alpha value is -1.00. The highest BCUT2D eigenvalue weighted by Crippen LogP contribution is 2.25. The van der Waals surface area contributed by atoms with Gasteiger partial charge >= 0.3 is 0 Å². The lowest BCUT2D eigenvalue weighted by Gasteiger charge is -2.39. The molecular weight excluding hydrogens is 174 g/mol. The van der Waals surface area contributed by atoms with Gasteiger partial charge in [0.15, 0.2) is 0 Å². The molecule has 13 heavy (non-hydrogen) atoms. The van der Waals surface area contributed by atoms with Crippen molar-refractivity contribution in [3.63, 3.8) is 0 Å². The summed E-state index contributed by atoms with van der Waals surface area (Å²) < 4.78 is 25.8. The van der Waals surface area contributed by atoms with E-state index < -0.39 is 17.2 Å². The zero-order valence-corrected chi connectivity index (χ0v) is 6.98. The lowest BCUT2D eigenvalue weighted by molar-refractivity contribution is 0.277. The number of hydrogen-bond acceptors (Lipinski definition) is 2. The van der Waals surface area contributed by atoms with Gasteiger partial charge in [0.25, 0.3) is 0 Å². The summed E-state index contributed by atoms with van der Waals surface area (Å²) in [5.41, 5.74) is 5.58. The van der Waals surface area contributed by atoms with Crippen molar-refractivity contribution in [2.24, 2.45) is 5.73 Å². The molecule has 3 N–H and O–H groups in total. The predicted octanol–water partition coefficient (Wildman–Crippen LogP) is 0.722. The maximum Gasteiger partial charge on any atom is 0.131 e. The van der Waals surface area contributed by atoms with E-state index in [1.54, 1.807) is 0 Å². The van der Waals surface area contributed by atoms with E-state index in [-0.39, 0.29) is 0 Å². The Kier molecular flexibility index (Phi) is 1.82. The molecule has 0 spiro atoms. The zero-order valence-electron chi connectivity index (χ0n) is 6.98. The van der Waals surface area contributed by atoms with Crippen LogP contribution < -0.4 is 11.1 Å². The van der Waals surface area contributed by atoms with Gasteiger partial charge in [-0.25, -0.2) is 8.78 Å². The number of nitrogens with two attached hydrogens (primary N) is 1. The van der Waals surface area contributed by atoms with Gasteiger partial charge < -0.3 is 11.1 Å². The Balaban J connectivity index is 2.40. The molecule has 0 bridgehead atoms. The SMILES string of the molecule is NC1(c2ccc(F)cc2F)CNC1. The second-order valence-corrected chi connectivity index (χ2v) is 3.38. The molecular formula is C9H10F2N2. The number of rotatable bonds is 1. The summed E-state index contributed by atoms with van der Waals surface area (Å²) in [5.74, 6) is -1.14. The third-order valence-electron chi connectivity index (χ3n) is 2.35. The second kappa shape index (κ2) is 2.75. The average Bonchev–Trinajstić information content (AvgIpc) is 2.00. The summed E-state index contributed by atoms with van der Waals surface area (Å²) in [6.45, 7) is 1.07. The smallest absolute Gasteiger partial charge is 0.131 e. The van der Waals surface area contributed by atoms with Crippen LogP contribution in [0.15, 0.2) is 18.2 Å². The molecule has 1 saturated heterocycles. The summed E-state index contributed by atoms with van der Waals surface area (Å²) in [4.78, 5) is 0. The summed E-state index contributed by atoms with van der Waals surface area (Å²) in [7, 11) is 0. The van der Waals surface area contributed by atoms with Crippen LogP contribution in [0.4, 0.5) is 8.78 Å². The van der Waals surface area contributed by atoms with Gasteiger partial charge in [-0.2, -0.15) is 0 Å². The maximum absolute atomic E-state index is 13.2. The Morgan fingerprint density at radius 2 is 2.00 bits per heavy atom. The van der Waals surface area contributed by atoms with Gasteiger partial charge in [0.2, 0.25) is 0 Å². The average molecular weight is 184 g/mol. The first kappa shape index (κ1) is 8.59. The molecule has 1 heterocycles. The van der Waals surface area contributed by atoms with Crippen molar-refractivity contribution >= 4 is 0 Å². The van der Waals surface area contributed by atoms with Crippen LogP contribution in [0, 0.1) is 11.6 Å². The molecule has 0 amide bonds. The zero-order chi connectivity index (χ0) is 9.47. The largest absolute Gasteiger partial charge is 0.319 e. The van der Waals surface area contributed by atoms with Gasteiger partial charge in [0, 0.05) is 24.7 Å². The molecule has 70 valence electrons. The van der Waals surface area contributed by atoms with Crippen molar-refractivity contribution in [1.82, 2.24) is 5.32 Å². The van der Waals surface area contributed by atoms with E-state index in [4.69, 9.17) is 5.73 Å². The molecule has 0 aliphatic carbocycles. The number of hydrogen-bond donors (Lipinski definition) is 2. The fraction of sp³-hybridized carbons (Fsp3) is 0.333. The molecule has 4 heteroatoms. The standard InChI is InChI=1S/C9H10F2N2/c10-6-1-2-7(8(11)3-6)9(12)4-13-5-9/h1-3,13H,4-5,12H2. The van der Waals surface area contributed by atoms with Crippen molar-refractivity contribution in [3.8, 4) is 0 Å². The fourth-order valence-electron chi connectivity index (χ4n) is 1.48. The molecule has 1 aliphatic heterocycles. The fourth-order valence-corrected chi connectivity index (χ4v) is 1.48. The van der Waals surface area contributed by atoms with E-state index in [0.717, 1.165) is 6.07 Å². The Bertz CT molecular complexity index is 334. The van der Waals surface area contributed by atoms with Crippen LogP contribution in [0.25, 0.3) is 0 Å². The lowest BCUT2D eigenvalue weighted by atomic mass is 9.85. The minimum Gasteiger partial charge on any atom is -0.319 e. The van der Waals surface area contributed by atoms with Crippen molar-refractivity contribution in [3.05, 3.63) is 35.4 Å². The molecule has 0 aromatic heterocycles. The van der Waals surface area contributed by atoms with Gasteiger partial charge in [-0.1, -0.05) is 6.07 Å². The highest BCUT2D eigenvalue weighted by Gasteiger charge is 2.36. The van der Waals surface area contributed by atoms with Crippen molar-refractivity contribution in [1.29, 1.82) is 0 Å². The van der Waals surface area contributed by atoms with E-state index in [2.05, 4.69) is 5.32 Å². The molecule has 2 nitrogen and oxygen atoms in total. The van der Waals surface area contributed by atoms with Crippen LogP contribution in [0.3, 0.4) is 0 Å². The number of halogens is 2. The summed E-state index contributed by atoms with van der Waals surface area (Å²) in [5, 5.41) is 2.96. The maximum atomic E-state index is 13.2. The van der Waals surface area contributed by atoms with Crippen molar-refractivity contribution in [2.45, 2.75) is 5.54 Å². The Labute approximate surface area is 74.7 Å². The number of benzene rings is 1. The van der Waals surface area contributed by atoms with Crippen LogP contribution in [0.5, 0.6) is 0 Å². The number of nitrogens with one attached hydrogen (secondary N) is 1. The monoisotopic (exact) mass is 184 g/mol. The first-order valence-corrected chi connectivity index (χ1v) is 4.07. The lowest BCUT2D eigenvalue weighted by Crippen LogP contribution is -2.63. The molecule has 0 radical (unpaired) electrons. The van der Waals surface area contributed by atoms with Crippen LogP contribution in [0.1, 0.15) is 5.56 Å². The Morgan fingerprint density at radius 1 is 1.31 bits per heavy atom. The minimum atomic E-state index is -0.655. The van der Waals surface area contributed by atoms with Gasteiger partial charge in [0.05, 0.1) is 5.54 Å². The highest BCUT2D eigenvalue weighted by molar-refractivity contribution is 5.29. The molecule has 0 atom stereocenters. The first-order valence-electron chi connectivity index (χ1n) is 4.07. The van der Waals surface area contributed by atoms with E-state index in [9.17, 15) is 8.78 Å². The predicted molar refractivity (Wildman–Crippen MR) is 45.1 cm³/mol. The van der Waals surface area contributed by atoms with E-state index in [1.807, 2.05) is 0 Å². The first-order chi connectivity index (χ1) is 6.12. The van der Waals surface area contributed by atoms with Crippen molar-refractivity contribution in [2.75, 3.05) is 13.1 Å². The van der Waals surface area contributed by atoms with Crippen molar-refractivity contribution < 1.29 is 8.78 Å². The molecule has 0 unspecified atom stereocenters. The van der Waals surface area contributed by atoms with E-state index in [0.29, 0.717) is 18.7 Å².